The van der Waals surface area contributed by atoms with Crippen LogP contribution >= 0.6 is 23.2 Å². The number of nitrogens with zero attached hydrogens (tertiary/aromatic N) is 2. The van der Waals surface area contributed by atoms with Crippen molar-refractivity contribution in [3.8, 4) is 0 Å². The van der Waals surface area contributed by atoms with E-state index in [-0.39, 0.29) is 22.3 Å². The highest BCUT2D eigenvalue weighted by Gasteiger charge is 2.73. The summed E-state index contributed by atoms with van der Waals surface area (Å²) in [5.74, 6) is -0.0522. The lowest BCUT2D eigenvalue weighted by molar-refractivity contribution is -0.132. The number of amides is 1. The van der Waals surface area contributed by atoms with Gasteiger partial charge in [0.2, 0.25) is 5.91 Å². The lowest BCUT2D eigenvalue weighted by atomic mass is 9.63. The Morgan fingerprint density at radius 3 is 2.07 bits per heavy atom. The molecule has 1 aromatic heterocycles. The Bertz CT molecular complexity index is 1010. The first kappa shape index (κ1) is 19.9. The summed E-state index contributed by atoms with van der Waals surface area (Å²) in [7, 11) is 0. The average molecular weight is 421 g/mol. The van der Waals surface area contributed by atoms with Crippen LogP contribution in [-0.4, -0.2) is 21.4 Å². The van der Waals surface area contributed by atoms with E-state index in [4.69, 9.17) is 33.2 Å². The molecule has 1 aromatic carbocycles. The molecule has 1 saturated carbocycles. The molecule has 2 bridgehead atoms. The maximum atomic E-state index is 13.6. The van der Waals surface area contributed by atoms with E-state index < -0.39 is 5.41 Å². The van der Waals surface area contributed by atoms with Crippen LogP contribution < -0.4 is 10.9 Å². The second kappa shape index (κ2) is 5.80. The predicted molar refractivity (Wildman–Crippen MR) is 113 cm³/mol. The fourth-order valence-corrected chi connectivity index (χ4v) is 5.27. The predicted octanol–water partition coefficient (Wildman–Crippen LogP) is 4.69. The van der Waals surface area contributed by atoms with Gasteiger partial charge in [0.05, 0.1) is 32.5 Å². The Hall–Kier alpha value is -1.43. The van der Waals surface area contributed by atoms with Crippen molar-refractivity contribution in [2.75, 3.05) is 0 Å². The van der Waals surface area contributed by atoms with E-state index in [9.17, 15) is 4.79 Å². The Kier molecular flexibility index (Phi) is 4.12. The van der Waals surface area contributed by atoms with Crippen molar-refractivity contribution < 1.29 is 4.79 Å². The van der Waals surface area contributed by atoms with Gasteiger partial charge in [0, 0.05) is 11.0 Å². The molecular weight excluding hydrogens is 395 g/mol. The number of aromatic nitrogens is 2. The van der Waals surface area contributed by atoms with Gasteiger partial charge < -0.3 is 0 Å². The summed E-state index contributed by atoms with van der Waals surface area (Å²) < 4.78 is 0. The van der Waals surface area contributed by atoms with Crippen LogP contribution in [-0.2, 0) is 15.6 Å². The SMILES string of the molecule is CC(C)(C)NNC(=O)C12CCC(C)(c3nc4cc(Cl)c(Cl)cc4nc31)C2(C)C. The molecule has 2 aliphatic rings. The molecule has 0 radical (unpaired) electrons. The zero-order chi connectivity index (χ0) is 20.7. The van der Waals surface area contributed by atoms with E-state index in [1.54, 1.807) is 12.1 Å². The van der Waals surface area contributed by atoms with Crippen molar-refractivity contribution >= 4 is 40.1 Å². The number of hydrogen-bond donors (Lipinski definition) is 2. The molecule has 4 rings (SSSR count). The molecule has 1 fully saturated rings. The quantitative estimate of drug-likeness (QED) is 0.691. The molecule has 7 heteroatoms. The van der Waals surface area contributed by atoms with E-state index in [2.05, 4.69) is 31.6 Å². The van der Waals surface area contributed by atoms with Gasteiger partial charge in [-0.25, -0.2) is 15.4 Å². The van der Waals surface area contributed by atoms with Crippen molar-refractivity contribution in [1.82, 2.24) is 20.8 Å². The Morgan fingerprint density at radius 1 is 1.00 bits per heavy atom. The normalized spacial score (nSPS) is 27.9. The Morgan fingerprint density at radius 2 is 1.54 bits per heavy atom. The zero-order valence-corrected chi connectivity index (χ0v) is 18.6. The van der Waals surface area contributed by atoms with Crippen LogP contribution in [0.4, 0.5) is 0 Å². The highest BCUT2D eigenvalue weighted by atomic mass is 35.5. The lowest BCUT2D eigenvalue weighted by Gasteiger charge is -2.40. The highest BCUT2D eigenvalue weighted by Crippen LogP contribution is 2.70. The van der Waals surface area contributed by atoms with Crippen LogP contribution in [0.2, 0.25) is 10.0 Å². The Balaban J connectivity index is 1.93. The summed E-state index contributed by atoms with van der Waals surface area (Å²) in [5, 5.41) is 0.891. The van der Waals surface area contributed by atoms with Crippen LogP contribution in [0.25, 0.3) is 11.0 Å². The van der Waals surface area contributed by atoms with Crippen molar-refractivity contribution in [2.45, 2.75) is 70.8 Å². The number of hydrazine groups is 1. The molecule has 2 atom stereocenters. The summed E-state index contributed by atoms with van der Waals surface area (Å²) in [6.07, 6.45) is 1.63. The van der Waals surface area contributed by atoms with Crippen LogP contribution in [0, 0.1) is 5.41 Å². The standard InChI is InChI=1S/C21H26Cl2N4O/c1-18(2,3)27-26-17(28)21-8-7-20(6,19(21,4)5)15-16(21)25-14-10-12(23)11(22)9-13(14)24-15/h9-10,27H,7-8H2,1-6H3,(H,26,28). The summed E-state index contributed by atoms with van der Waals surface area (Å²) in [4.78, 5) is 23.4. The van der Waals surface area contributed by atoms with Crippen LogP contribution in [0.15, 0.2) is 12.1 Å². The molecule has 2 aliphatic carbocycles. The summed E-state index contributed by atoms with van der Waals surface area (Å²) >= 11 is 12.4. The van der Waals surface area contributed by atoms with Crippen LogP contribution in [0.3, 0.4) is 0 Å². The first-order valence-corrected chi connectivity index (χ1v) is 10.3. The molecule has 2 unspecified atom stereocenters. The molecule has 1 amide bonds. The highest BCUT2D eigenvalue weighted by molar-refractivity contribution is 6.42. The van der Waals surface area contributed by atoms with E-state index >= 15 is 0 Å². The number of fused-ring (bicyclic) bond motifs is 6. The van der Waals surface area contributed by atoms with Crippen molar-refractivity contribution in [2.24, 2.45) is 5.41 Å². The number of carbonyl (C=O) groups is 1. The monoisotopic (exact) mass is 420 g/mol. The minimum absolute atomic E-state index is 0.0522. The van der Waals surface area contributed by atoms with Crippen molar-refractivity contribution in [3.63, 3.8) is 0 Å². The zero-order valence-electron chi connectivity index (χ0n) is 17.1. The fraction of sp³-hybridized carbons (Fsp3) is 0.571. The molecule has 0 spiro atoms. The van der Waals surface area contributed by atoms with E-state index in [0.29, 0.717) is 21.1 Å². The van der Waals surface area contributed by atoms with Crippen LogP contribution in [0.5, 0.6) is 0 Å². The molecule has 5 nitrogen and oxygen atoms in total. The number of halogens is 2. The molecule has 0 saturated heterocycles. The molecule has 1 heterocycles. The average Bonchev–Trinajstić information content (AvgIpc) is 2.88. The number of nitrogens with one attached hydrogen (secondary N) is 2. The molecule has 0 aliphatic heterocycles. The second-order valence-electron chi connectivity index (χ2n) is 9.87. The number of rotatable bonds is 2. The first-order chi connectivity index (χ1) is 12.8. The minimum atomic E-state index is -0.747. The Labute approximate surface area is 175 Å². The summed E-state index contributed by atoms with van der Waals surface area (Å²) in [5.41, 5.74) is 7.57. The van der Waals surface area contributed by atoms with E-state index in [1.165, 1.54) is 0 Å². The number of benzene rings is 1. The number of hydrogen-bond acceptors (Lipinski definition) is 4. The van der Waals surface area contributed by atoms with Gasteiger partial charge in [0.25, 0.3) is 0 Å². The van der Waals surface area contributed by atoms with Gasteiger partial charge in [0.15, 0.2) is 0 Å². The van der Waals surface area contributed by atoms with Gasteiger partial charge in [-0.15, -0.1) is 0 Å². The van der Waals surface area contributed by atoms with Gasteiger partial charge >= 0.3 is 0 Å². The van der Waals surface area contributed by atoms with E-state index in [1.807, 2.05) is 20.8 Å². The summed E-state index contributed by atoms with van der Waals surface area (Å²) in [6, 6.07) is 3.48. The number of carbonyl (C=O) groups excluding carboxylic acids is 1. The molecule has 150 valence electrons. The third-order valence-electron chi connectivity index (χ3n) is 7.02. The first-order valence-electron chi connectivity index (χ1n) is 9.59. The molecule has 28 heavy (non-hydrogen) atoms. The van der Waals surface area contributed by atoms with Gasteiger partial charge in [-0.3, -0.25) is 10.2 Å². The molecular formula is C21H26Cl2N4O. The minimum Gasteiger partial charge on any atom is -0.290 e. The van der Waals surface area contributed by atoms with Gasteiger partial charge in [0.1, 0.15) is 5.41 Å². The third-order valence-corrected chi connectivity index (χ3v) is 7.74. The molecule has 2 aromatic rings. The third kappa shape index (κ3) is 2.39. The smallest absolute Gasteiger partial charge is 0.247 e. The lowest BCUT2D eigenvalue weighted by Crippen LogP contribution is -2.58. The molecule has 2 N–H and O–H groups in total. The van der Waals surface area contributed by atoms with Gasteiger partial charge in [-0.2, -0.15) is 0 Å². The maximum absolute atomic E-state index is 13.6. The maximum Gasteiger partial charge on any atom is 0.247 e. The topological polar surface area (TPSA) is 66.9 Å². The van der Waals surface area contributed by atoms with Crippen molar-refractivity contribution in [1.29, 1.82) is 0 Å². The van der Waals surface area contributed by atoms with Gasteiger partial charge in [-0.1, -0.05) is 44.0 Å². The van der Waals surface area contributed by atoms with Crippen LogP contribution in [0.1, 0.15) is 65.8 Å². The largest absolute Gasteiger partial charge is 0.290 e. The second-order valence-corrected chi connectivity index (χ2v) is 10.7. The summed E-state index contributed by atoms with van der Waals surface area (Å²) in [6.45, 7) is 12.5. The van der Waals surface area contributed by atoms with Gasteiger partial charge in [-0.05, 0) is 51.2 Å². The van der Waals surface area contributed by atoms with Crippen molar-refractivity contribution in [3.05, 3.63) is 33.6 Å². The fourth-order valence-electron chi connectivity index (χ4n) is 4.95. The van der Waals surface area contributed by atoms with E-state index in [0.717, 1.165) is 24.2 Å².